The minimum absolute atomic E-state index is 0.166. The van der Waals surface area contributed by atoms with Crippen molar-refractivity contribution >= 4 is 23.3 Å². The summed E-state index contributed by atoms with van der Waals surface area (Å²) in [4.78, 5) is 11.8. The molecule has 0 bridgehead atoms. The summed E-state index contributed by atoms with van der Waals surface area (Å²) in [5, 5.41) is 6.28. The molecule has 0 saturated heterocycles. The maximum Gasteiger partial charge on any atom is 0.319 e. The van der Waals surface area contributed by atoms with E-state index in [4.69, 9.17) is 11.6 Å². The van der Waals surface area contributed by atoms with Gasteiger partial charge in [0.15, 0.2) is 0 Å². The lowest BCUT2D eigenvalue weighted by molar-refractivity contribution is 0.248. The number of anilines is 1. The second-order valence-electron chi connectivity index (χ2n) is 4.73. The first kappa shape index (κ1) is 14.8. The Bertz CT molecular complexity index is 409. The monoisotopic (exact) mass is 268 g/mol. The molecule has 0 radical (unpaired) electrons. The highest BCUT2D eigenvalue weighted by Gasteiger charge is 2.11. The van der Waals surface area contributed by atoms with E-state index in [-0.39, 0.29) is 12.1 Å². The third-order valence-electron chi connectivity index (χ3n) is 2.77. The number of carbonyl (C=O) groups excluding carboxylic acids is 1. The minimum atomic E-state index is -0.204. The van der Waals surface area contributed by atoms with Crippen LogP contribution in [0.2, 0.25) is 5.02 Å². The van der Waals surface area contributed by atoms with Gasteiger partial charge >= 0.3 is 6.03 Å². The van der Waals surface area contributed by atoms with Crippen LogP contribution in [0, 0.1) is 13.8 Å². The van der Waals surface area contributed by atoms with Crippen LogP contribution in [0.3, 0.4) is 0 Å². The fraction of sp³-hybridized carbons (Fsp3) is 0.500. The van der Waals surface area contributed by atoms with Crippen LogP contribution in [0.4, 0.5) is 10.5 Å². The molecule has 0 saturated carbocycles. The number of amides is 2. The molecule has 1 rings (SSSR count). The SMILES string of the molecule is CCCC(C)NC(=O)Nc1c(C)cc(C)cc1Cl. The Morgan fingerprint density at radius 3 is 2.61 bits per heavy atom. The molecule has 1 unspecified atom stereocenters. The number of nitrogens with one attached hydrogen (secondary N) is 2. The molecular formula is C14H21ClN2O. The van der Waals surface area contributed by atoms with Crippen molar-refractivity contribution in [3.63, 3.8) is 0 Å². The summed E-state index contributed by atoms with van der Waals surface area (Å²) < 4.78 is 0. The topological polar surface area (TPSA) is 41.1 Å². The lowest BCUT2D eigenvalue weighted by atomic mass is 10.1. The average molecular weight is 269 g/mol. The zero-order chi connectivity index (χ0) is 13.7. The highest BCUT2D eigenvalue weighted by Crippen LogP contribution is 2.27. The van der Waals surface area contributed by atoms with E-state index in [0.717, 1.165) is 24.0 Å². The lowest BCUT2D eigenvalue weighted by Crippen LogP contribution is -2.36. The van der Waals surface area contributed by atoms with Crippen LogP contribution in [0.15, 0.2) is 12.1 Å². The fourth-order valence-electron chi connectivity index (χ4n) is 1.95. The molecule has 100 valence electrons. The van der Waals surface area contributed by atoms with Gasteiger partial charge < -0.3 is 10.6 Å². The van der Waals surface area contributed by atoms with E-state index in [0.29, 0.717) is 10.7 Å². The zero-order valence-corrected chi connectivity index (χ0v) is 12.2. The highest BCUT2D eigenvalue weighted by atomic mass is 35.5. The van der Waals surface area contributed by atoms with Crippen molar-refractivity contribution < 1.29 is 4.79 Å². The molecule has 0 aliphatic heterocycles. The van der Waals surface area contributed by atoms with Gasteiger partial charge in [-0.1, -0.05) is 31.0 Å². The van der Waals surface area contributed by atoms with Crippen LogP contribution in [0.5, 0.6) is 0 Å². The van der Waals surface area contributed by atoms with Crippen LogP contribution in [-0.4, -0.2) is 12.1 Å². The molecule has 0 heterocycles. The molecule has 2 amide bonds. The average Bonchev–Trinajstić information content (AvgIpc) is 2.23. The number of hydrogen-bond donors (Lipinski definition) is 2. The van der Waals surface area contributed by atoms with Crippen molar-refractivity contribution in [3.05, 3.63) is 28.3 Å². The second kappa shape index (κ2) is 6.64. The molecule has 1 atom stereocenters. The first-order chi connectivity index (χ1) is 8.43. The Hall–Kier alpha value is -1.22. The van der Waals surface area contributed by atoms with Gasteiger partial charge in [-0.3, -0.25) is 0 Å². The number of aryl methyl sites for hydroxylation is 2. The van der Waals surface area contributed by atoms with Crippen molar-refractivity contribution in [2.75, 3.05) is 5.32 Å². The van der Waals surface area contributed by atoms with Gasteiger partial charge in [-0.05, 0) is 44.4 Å². The van der Waals surface area contributed by atoms with E-state index >= 15 is 0 Å². The number of urea groups is 1. The van der Waals surface area contributed by atoms with E-state index in [1.54, 1.807) is 0 Å². The van der Waals surface area contributed by atoms with Gasteiger partial charge in [0.25, 0.3) is 0 Å². The van der Waals surface area contributed by atoms with Crippen LogP contribution < -0.4 is 10.6 Å². The summed E-state index contributed by atoms with van der Waals surface area (Å²) >= 11 is 6.13. The lowest BCUT2D eigenvalue weighted by Gasteiger charge is -2.16. The van der Waals surface area contributed by atoms with Crippen LogP contribution in [-0.2, 0) is 0 Å². The molecule has 1 aromatic carbocycles. The van der Waals surface area contributed by atoms with Crippen molar-refractivity contribution in [1.82, 2.24) is 5.32 Å². The predicted molar refractivity (Wildman–Crippen MR) is 77.5 cm³/mol. The fourth-order valence-corrected chi connectivity index (χ4v) is 2.32. The number of rotatable bonds is 4. The van der Waals surface area contributed by atoms with Crippen LogP contribution in [0.25, 0.3) is 0 Å². The van der Waals surface area contributed by atoms with Crippen LogP contribution >= 0.6 is 11.6 Å². The van der Waals surface area contributed by atoms with E-state index in [9.17, 15) is 4.79 Å². The number of benzene rings is 1. The zero-order valence-electron chi connectivity index (χ0n) is 11.4. The quantitative estimate of drug-likeness (QED) is 0.841. The number of carbonyl (C=O) groups is 1. The third-order valence-corrected chi connectivity index (χ3v) is 3.07. The van der Waals surface area contributed by atoms with E-state index in [2.05, 4.69) is 17.6 Å². The smallest absolute Gasteiger partial charge is 0.319 e. The second-order valence-corrected chi connectivity index (χ2v) is 5.13. The molecule has 1 aromatic rings. The van der Waals surface area contributed by atoms with Crippen molar-refractivity contribution in [2.24, 2.45) is 0 Å². The van der Waals surface area contributed by atoms with E-state index in [1.165, 1.54) is 0 Å². The predicted octanol–water partition coefficient (Wildman–Crippen LogP) is 4.27. The van der Waals surface area contributed by atoms with Crippen molar-refractivity contribution in [2.45, 2.75) is 46.6 Å². The molecule has 0 aromatic heterocycles. The van der Waals surface area contributed by atoms with E-state index < -0.39 is 0 Å². The Morgan fingerprint density at radius 2 is 2.06 bits per heavy atom. The number of halogens is 1. The Kier molecular flexibility index (Phi) is 5.48. The summed E-state index contributed by atoms with van der Waals surface area (Å²) in [6.45, 7) is 8.00. The van der Waals surface area contributed by atoms with Gasteiger partial charge in [-0.15, -0.1) is 0 Å². The largest absolute Gasteiger partial charge is 0.335 e. The molecule has 0 fully saturated rings. The third kappa shape index (κ3) is 4.22. The molecule has 2 N–H and O–H groups in total. The first-order valence-corrected chi connectivity index (χ1v) is 6.66. The van der Waals surface area contributed by atoms with Crippen molar-refractivity contribution in [1.29, 1.82) is 0 Å². The van der Waals surface area contributed by atoms with E-state index in [1.807, 2.05) is 32.9 Å². The summed E-state index contributed by atoms with van der Waals surface area (Å²) in [5.74, 6) is 0. The minimum Gasteiger partial charge on any atom is -0.335 e. The van der Waals surface area contributed by atoms with Gasteiger partial charge in [0.05, 0.1) is 10.7 Å². The van der Waals surface area contributed by atoms with Gasteiger partial charge in [-0.25, -0.2) is 4.79 Å². The molecule has 0 aliphatic carbocycles. The van der Waals surface area contributed by atoms with Gasteiger partial charge in [0.2, 0.25) is 0 Å². The summed E-state index contributed by atoms with van der Waals surface area (Å²) in [7, 11) is 0. The van der Waals surface area contributed by atoms with Crippen LogP contribution in [0.1, 0.15) is 37.8 Å². The number of hydrogen-bond acceptors (Lipinski definition) is 1. The molecular weight excluding hydrogens is 248 g/mol. The molecule has 3 nitrogen and oxygen atoms in total. The standard InChI is InChI=1S/C14H21ClN2O/c1-5-6-11(4)16-14(18)17-13-10(3)7-9(2)8-12(13)15/h7-8,11H,5-6H2,1-4H3,(H2,16,17,18). The van der Waals surface area contributed by atoms with Crippen molar-refractivity contribution in [3.8, 4) is 0 Å². The molecule has 18 heavy (non-hydrogen) atoms. The Balaban J connectivity index is 2.70. The Morgan fingerprint density at radius 1 is 1.39 bits per heavy atom. The van der Waals surface area contributed by atoms with Gasteiger partial charge in [0.1, 0.15) is 0 Å². The summed E-state index contributed by atoms with van der Waals surface area (Å²) in [6, 6.07) is 3.81. The highest BCUT2D eigenvalue weighted by molar-refractivity contribution is 6.34. The van der Waals surface area contributed by atoms with Gasteiger partial charge in [-0.2, -0.15) is 0 Å². The first-order valence-electron chi connectivity index (χ1n) is 6.28. The molecule has 0 aliphatic rings. The molecule has 0 spiro atoms. The van der Waals surface area contributed by atoms with Gasteiger partial charge in [0, 0.05) is 6.04 Å². The maximum absolute atomic E-state index is 11.8. The Labute approximate surface area is 114 Å². The normalized spacial score (nSPS) is 12.1. The maximum atomic E-state index is 11.8. The molecule has 4 heteroatoms. The summed E-state index contributed by atoms with van der Waals surface area (Å²) in [6.07, 6.45) is 2.01. The summed E-state index contributed by atoms with van der Waals surface area (Å²) in [5.41, 5.74) is 2.74.